The number of nitrogens with zero attached hydrogens (tertiary/aromatic N) is 1. The van der Waals surface area contributed by atoms with E-state index in [0.29, 0.717) is 10.6 Å². The van der Waals surface area contributed by atoms with Crippen molar-refractivity contribution in [2.75, 3.05) is 20.4 Å². The molecule has 0 bridgehead atoms. The van der Waals surface area contributed by atoms with Gasteiger partial charge in [0.2, 0.25) is 0 Å². The number of thiophene rings is 1. The minimum Gasteiger partial charge on any atom is -0.495 e. The molecule has 2 atom stereocenters. The van der Waals surface area contributed by atoms with Crippen molar-refractivity contribution in [3.05, 3.63) is 46.2 Å². The van der Waals surface area contributed by atoms with Crippen LogP contribution in [0.1, 0.15) is 28.2 Å². The van der Waals surface area contributed by atoms with Crippen LogP contribution in [0.25, 0.3) is 0 Å². The lowest BCUT2D eigenvalue weighted by molar-refractivity contribution is 0.0744. The number of carbonyl (C=O) groups excluding carboxylic acids is 1. The topological polar surface area (TPSA) is 46.6 Å². The van der Waals surface area contributed by atoms with Crippen LogP contribution < -0.4 is 4.74 Å². The average Bonchev–Trinajstić information content (AvgIpc) is 3.01. The third-order valence-electron chi connectivity index (χ3n) is 3.64. The maximum absolute atomic E-state index is 12.6. The van der Waals surface area contributed by atoms with Crippen molar-refractivity contribution in [3.8, 4) is 5.75 Å². The smallest absolute Gasteiger partial charge is 0.267 e. The van der Waals surface area contributed by atoms with Gasteiger partial charge >= 0.3 is 0 Å². The molecule has 0 saturated heterocycles. The Labute approximate surface area is 137 Å². The fraction of sp³-hybridized carbons (Fsp3) is 0.312. The number of benzene rings is 1. The van der Waals surface area contributed by atoms with E-state index in [1.54, 1.807) is 31.4 Å². The lowest BCUT2D eigenvalue weighted by atomic mass is 10.1. The van der Waals surface area contributed by atoms with Gasteiger partial charge in [-0.1, -0.05) is 12.1 Å². The molecule has 2 aromatic rings. The summed E-state index contributed by atoms with van der Waals surface area (Å²) in [6, 6.07) is 9.21. The summed E-state index contributed by atoms with van der Waals surface area (Å²) in [5.41, 5.74) is 1.00. The Morgan fingerprint density at radius 3 is 2.45 bits per heavy atom. The van der Waals surface area contributed by atoms with E-state index in [2.05, 4.69) is 0 Å². The summed E-state index contributed by atoms with van der Waals surface area (Å²) < 4.78 is 16.6. The van der Waals surface area contributed by atoms with Gasteiger partial charge in [-0.3, -0.25) is 9.00 Å². The third-order valence-corrected chi connectivity index (χ3v) is 5.46. The molecule has 0 saturated carbocycles. The molecule has 1 amide bonds. The summed E-state index contributed by atoms with van der Waals surface area (Å²) in [6.07, 6.45) is 1.65. The highest BCUT2D eigenvalue weighted by Crippen LogP contribution is 2.29. The number of carbonyl (C=O) groups is 1. The average molecular weight is 337 g/mol. The lowest BCUT2D eigenvalue weighted by Crippen LogP contribution is -2.29. The molecule has 0 N–H and O–H groups in total. The van der Waals surface area contributed by atoms with Crippen LogP contribution in [-0.2, 0) is 10.8 Å². The normalized spacial score (nSPS) is 13.5. The SMILES string of the molecule is COc1ccsc1C(=O)N(C)[C@@H](C)c1ccc([S@](C)=O)cc1. The fourth-order valence-electron chi connectivity index (χ4n) is 2.11. The van der Waals surface area contributed by atoms with Crippen LogP contribution in [0.15, 0.2) is 40.6 Å². The first-order valence-corrected chi connectivity index (χ1v) is 9.21. The monoisotopic (exact) mass is 337 g/mol. The van der Waals surface area contributed by atoms with Gasteiger partial charge in [0.25, 0.3) is 5.91 Å². The quantitative estimate of drug-likeness (QED) is 0.841. The number of rotatable bonds is 5. The summed E-state index contributed by atoms with van der Waals surface area (Å²) in [6.45, 7) is 1.97. The molecule has 1 aromatic carbocycles. The summed E-state index contributed by atoms with van der Waals surface area (Å²) in [5, 5.41) is 1.84. The van der Waals surface area contributed by atoms with Gasteiger partial charge in [-0.15, -0.1) is 11.3 Å². The van der Waals surface area contributed by atoms with Gasteiger partial charge in [0.1, 0.15) is 10.6 Å². The predicted molar refractivity (Wildman–Crippen MR) is 90.2 cm³/mol. The largest absolute Gasteiger partial charge is 0.495 e. The second kappa shape index (κ2) is 7.07. The van der Waals surface area contributed by atoms with Crippen molar-refractivity contribution in [2.24, 2.45) is 0 Å². The Morgan fingerprint density at radius 2 is 1.91 bits per heavy atom. The maximum Gasteiger partial charge on any atom is 0.267 e. The second-order valence-corrected chi connectivity index (χ2v) is 7.23. The summed E-state index contributed by atoms with van der Waals surface area (Å²) in [5.74, 6) is 0.535. The molecule has 4 nitrogen and oxygen atoms in total. The molecule has 0 aliphatic heterocycles. The van der Waals surface area contributed by atoms with Crippen LogP contribution in [0.3, 0.4) is 0 Å². The van der Waals surface area contributed by atoms with Gasteiger partial charge in [0.05, 0.1) is 13.2 Å². The number of hydrogen-bond acceptors (Lipinski definition) is 4. The van der Waals surface area contributed by atoms with E-state index in [4.69, 9.17) is 4.74 Å². The van der Waals surface area contributed by atoms with Gasteiger partial charge in [0.15, 0.2) is 0 Å². The molecule has 0 radical (unpaired) electrons. The molecule has 0 aliphatic rings. The Kier molecular flexibility index (Phi) is 5.37. The first-order chi connectivity index (χ1) is 10.5. The Balaban J connectivity index is 2.19. The number of methoxy groups -OCH3 is 1. The lowest BCUT2D eigenvalue weighted by Gasteiger charge is -2.25. The van der Waals surface area contributed by atoms with Gasteiger partial charge in [-0.05, 0) is 36.1 Å². The summed E-state index contributed by atoms with van der Waals surface area (Å²) in [4.78, 5) is 15.7. The van der Waals surface area contributed by atoms with Crippen molar-refractivity contribution in [1.29, 1.82) is 0 Å². The van der Waals surface area contributed by atoms with E-state index >= 15 is 0 Å². The first-order valence-electron chi connectivity index (χ1n) is 6.77. The molecular formula is C16H19NO3S2. The fourth-order valence-corrected chi connectivity index (χ4v) is 3.47. The Bertz CT molecular complexity index is 679. The minimum atomic E-state index is -0.994. The highest BCUT2D eigenvalue weighted by molar-refractivity contribution is 7.84. The van der Waals surface area contributed by atoms with E-state index in [9.17, 15) is 9.00 Å². The Morgan fingerprint density at radius 1 is 1.27 bits per heavy atom. The van der Waals surface area contributed by atoms with E-state index in [1.165, 1.54) is 11.3 Å². The molecule has 1 aromatic heterocycles. The zero-order valence-electron chi connectivity index (χ0n) is 13.0. The van der Waals surface area contributed by atoms with Crippen molar-refractivity contribution in [1.82, 2.24) is 4.90 Å². The Hall–Kier alpha value is -1.66. The molecule has 22 heavy (non-hydrogen) atoms. The molecule has 1 heterocycles. The van der Waals surface area contributed by atoms with Gasteiger partial charge in [0, 0.05) is 29.0 Å². The van der Waals surface area contributed by atoms with Crippen LogP contribution in [0.2, 0.25) is 0 Å². The number of ether oxygens (including phenoxy) is 1. The minimum absolute atomic E-state index is 0.0671. The van der Waals surface area contributed by atoms with Crippen LogP contribution in [0.5, 0.6) is 5.75 Å². The highest BCUT2D eigenvalue weighted by atomic mass is 32.2. The van der Waals surface area contributed by atoms with E-state index in [-0.39, 0.29) is 11.9 Å². The number of hydrogen-bond donors (Lipinski definition) is 0. The van der Waals surface area contributed by atoms with Crippen molar-refractivity contribution >= 4 is 28.0 Å². The third kappa shape index (κ3) is 3.39. The molecular weight excluding hydrogens is 318 g/mol. The molecule has 2 rings (SSSR count). The standard InChI is InChI=1S/C16H19NO3S2/c1-11(12-5-7-13(8-6-12)22(4)19)17(2)16(18)15-14(20-3)9-10-21-15/h5-11H,1-4H3/t11-,22-/m0/s1. The molecule has 0 aliphatic carbocycles. The van der Waals surface area contributed by atoms with Crippen LogP contribution in [0.4, 0.5) is 0 Å². The van der Waals surface area contributed by atoms with Crippen LogP contribution >= 0.6 is 11.3 Å². The maximum atomic E-state index is 12.6. The zero-order valence-corrected chi connectivity index (χ0v) is 14.7. The predicted octanol–water partition coefficient (Wildman–Crippen LogP) is 3.33. The number of amides is 1. The van der Waals surface area contributed by atoms with E-state index < -0.39 is 10.8 Å². The molecule has 0 fully saturated rings. The molecule has 0 spiro atoms. The van der Waals surface area contributed by atoms with Crippen molar-refractivity contribution in [2.45, 2.75) is 17.9 Å². The second-order valence-electron chi connectivity index (χ2n) is 4.93. The summed E-state index contributed by atoms with van der Waals surface area (Å²) >= 11 is 1.37. The van der Waals surface area contributed by atoms with Crippen molar-refractivity contribution in [3.63, 3.8) is 0 Å². The van der Waals surface area contributed by atoms with Crippen molar-refractivity contribution < 1.29 is 13.7 Å². The highest BCUT2D eigenvalue weighted by Gasteiger charge is 2.23. The molecule has 6 heteroatoms. The first kappa shape index (κ1) is 16.7. The zero-order chi connectivity index (χ0) is 16.3. The summed E-state index contributed by atoms with van der Waals surface area (Å²) in [7, 11) is 2.34. The van der Waals surface area contributed by atoms with E-state index in [1.807, 2.05) is 36.6 Å². The van der Waals surface area contributed by atoms with E-state index in [0.717, 1.165) is 10.5 Å². The van der Waals surface area contributed by atoms with Gasteiger partial charge < -0.3 is 9.64 Å². The van der Waals surface area contributed by atoms with Crippen LogP contribution in [0, 0.1) is 0 Å². The van der Waals surface area contributed by atoms with Gasteiger partial charge in [-0.25, -0.2) is 0 Å². The van der Waals surface area contributed by atoms with Crippen LogP contribution in [-0.4, -0.2) is 35.4 Å². The molecule has 118 valence electrons. The molecule has 0 unspecified atom stereocenters. The van der Waals surface area contributed by atoms with Gasteiger partial charge in [-0.2, -0.15) is 0 Å².